The van der Waals surface area contributed by atoms with E-state index in [0.717, 1.165) is 19.4 Å². The smallest absolute Gasteiger partial charge is 0.251 e. The van der Waals surface area contributed by atoms with Crippen LogP contribution in [-0.4, -0.2) is 31.8 Å². The molecule has 104 valence electrons. The number of nitrogens with two attached hydrogens (primary N) is 1. The number of hydrogen-bond acceptors (Lipinski definition) is 4. The van der Waals surface area contributed by atoms with Crippen molar-refractivity contribution in [3.05, 3.63) is 23.8 Å². The number of nitrogen functional groups attached to an aromatic ring is 1. The third-order valence-corrected chi connectivity index (χ3v) is 3.42. The highest BCUT2D eigenvalue weighted by Gasteiger charge is 2.30. The van der Waals surface area contributed by atoms with E-state index >= 15 is 0 Å². The van der Waals surface area contributed by atoms with E-state index in [-0.39, 0.29) is 11.5 Å². The van der Waals surface area contributed by atoms with Crippen molar-refractivity contribution in [1.29, 1.82) is 0 Å². The van der Waals surface area contributed by atoms with Crippen molar-refractivity contribution < 1.29 is 14.3 Å². The first-order valence-corrected chi connectivity index (χ1v) is 6.40. The first-order valence-electron chi connectivity index (χ1n) is 6.40. The molecule has 1 aromatic rings. The lowest BCUT2D eigenvalue weighted by molar-refractivity contribution is 0.0206. The molecule has 1 aromatic carbocycles. The second kappa shape index (κ2) is 5.48. The number of methoxy groups -OCH3 is 1. The van der Waals surface area contributed by atoms with Gasteiger partial charge in [-0.15, -0.1) is 0 Å². The summed E-state index contributed by atoms with van der Waals surface area (Å²) in [5, 5.41) is 2.89. The SMILES string of the molecule is COc1cc(C(=O)NCC2(C)CCCO2)ccc1N. The van der Waals surface area contributed by atoms with Gasteiger partial charge in [0.25, 0.3) is 5.91 Å². The topological polar surface area (TPSA) is 73.6 Å². The van der Waals surface area contributed by atoms with Crippen LogP contribution in [0.5, 0.6) is 5.75 Å². The average Bonchev–Trinajstić information content (AvgIpc) is 2.84. The Labute approximate surface area is 113 Å². The van der Waals surface area contributed by atoms with Crippen LogP contribution in [0, 0.1) is 0 Å². The van der Waals surface area contributed by atoms with Crippen LogP contribution in [0.2, 0.25) is 0 Å². The minimum absolute atomic E-state index is 0.143. The Morgan fingerprint density at radius 3 is 3.00 bits per heavy atom. The quantitative estimate of drug-likeness (QED) is 0.810. The van der Waals surface area contributed by atoms with Crippen molar-refractivity contribution in [2.24, 2.45) is 0 Å². The zero-order valence-corrected chi connectivity index (χ0v) is 11.4. The Bertz CT molecular complexity index is 468. The second-order valence-corrected chi connectivity index (χ2v) is 5.04. The van der Waals surface area contributed by atoms with E-state index in [1.807, 2.05) is 6.92 Å². The molecule has 0 bridgehead atoms. The fraction of sp³-hybridized carbons (Fsp3) is 0.500. The summed E-state index contributed by atoms with van der Waals surface area (Å²) in [6.45, 7) is 3.30. The van der Waals surface area contributed by atoms with Crippen molar-refractivity contribution in [3.63, 3.8) is 0 Å². The Morgan fingerprint density at radius 2 is 2.37 bits per heavy atom. The van der Waals surface area contributed by atoms with E-state index < -0.39 is 0 Å². The number of ether oxygens (including phenoxy) is 2. The Kier molecular flexibility index (Phi) is 3.95. The second-order valence-electron chi connectivity index (χ2n) is 5.04. The molecule has 0 aliphatic carbocycles. The van der Waals surface area contributed by atoms with Gasteiger partial charge in [0.05, 0.1) is 18.4 Å². The van der Waals surface area contributed by atoms with Crippen LogP contribution in [0.1, 0.15) is 30.1 Å². The van der Waals surface area contributed by atoms with E-state index in [2.05, 4.69) is 5.32 Å². The zero-order valence-electron chi connectivity index (χ0n) is 11.4. The average molecular weight is 264 g/mol. The van der Waals surface area contributed by atoms with Gasteiger partial charge in [-0.05, 0) is 38.0 Å². The molecule has 1 aliphatic heterocycles. The molecule has 0 saturated carbocycles. The van der Waals surface area contributed by atoms with Crippen LogP contribution in [-0.2, 0) is 4.74 Å². The molecule has 0 spiro atoms. The summed E-state index contributed by atoms with van der Waals surface area (Å²) in [7, 11) is 1.53. The number of rotatable bonds is 4. The van der Waals surface area contributed by atoms with Crippen LogP contribution >= 0.6 is 0 Å². The maximum Gasteiger partial charge on any atom is 0.251 e. The van der Waals surface area contributed by atoms with Gasteiger partial charge in [-0.25, -0.2) is 0 Å². The van der Waals surface area contributed by atoms with Gasteiger partial charge in [0, 0.05) is 18.7 Å². The van der Waals surface area contributed by atoms with Crippen molar-refractivity contribution in [3.8, 4) is 5.75 Å². The summed E-state index contributed by atoms with van der Waals surface area (Å²) >= 11 is 0. The van der Waals surface area contributed by atoms with Gasteiger partial charge in [-0.3, -0.25) is 4.79 Å². The number of nitrogens with one attached hydrogen (secondary N) is 1. The van der Waals surface area contributed by atoms with E-state index in [4.69, 9.17) is 15.2 Å². The van der Waals surface area contributed by atoms with Crippen LogP contribution in [0.4, 0.5) is 5.69 Å². The van der Waals surface area contributed by atoms with Crippen molar-refractivity contribution >= 4 is 11.6 Å². The normalized spacial score (nSPS) is 22.2. The third-order valence-electron chi connectivity index (χ3n) is 3.42. The number of carbonyl (C=O) groups is 1. The molecule has 1 saturated heterocycles. The molecular formula is C14H20N2O3. The predicted octanol–water partition coefficient (Wildman–Crippen LogP) is 1.58. The minimum atomic E-state index is -0.243. The number of anilines is 1. The number of amides is 1. The monoisotopic (exact) mass is 264 g/mol. The summed E-state index contributed by atoms with van der Waals surface area (Å²) in [6, 6.07) is 5.00. The number of benzene rings is 1. The maximum absolute atomic E-state index is 12.1. The molecule has 0 radical (unpaired) electrons. The van der Waals surface area contributed by atoms with Gasteiger partial charge in [0.15, 0.2) is 0 Å². The molecule has 1 heterocycles. The summed E-state index contributed by atoms with van der Waals surface area (Å²) in [4.78, 5) is 12.1. The van der Waals surface area contributed by atoms with E-state index in [0.29, 0.717) is 23.5 Å². The highest BCUT2D eigenvalue weighted by Crippen LogP contribution is 2.25. The molecule has 19 heavy (non-hydrogen) atoms. The number of hydrogen-bond donors (Lipinski definition) is 2. The molecule has 1 aliphatic rings. The van der Waals surface area contributed by atoms with Gasteiger partial charge < -0.3 is 20.5 Å². The van der Waals surface area contributed by atoms with Crippen LogP contribution in [0.15, 0.2) is 18.2 Å². The van der Waals surface area contributed by atoms with Crippen LogP contribution in [0.3, 0.4) is 0 Å². The molecule has 1 amide bonds. The van der Waals surface area contributed by atoms with E-state index in [1.165, 1.54) is 7.11 Å². The van der Waals surface area contributed by atoms with Gasteiger partial charge in [0.1, 0.15) is 5.75 Å². The lowest BCUT2D eigenvalue weighted by atomic mass is 10.0. The summed E-state index contributed by atoms with van der Waals surface area (Å²) in [6.07, 6.45) is 2.01. The van der Waals surface area contributed by atoms with Crippen molar-refractivity contribution in [2.75, 3.05) is 26.0 Å². The highest BCUT2D eigenvalue weighted by molar-refractivity contribution is 5.95. The van der Waals surface area contributed by atoms with Gasteiger partial charge in [-0.2, -0.15) is 0 Å². The molecule has 1 unspecified atom stereocenters. The molecule has 5 heteroatoms. The van der Waals surface area contributed by atoms with Gasteiger partial charge >= 0.3 is 0 Å². The molecule has 0 aromatic heterocycles. The molecule has 1 fully saturated rings. The fourth-order valence-corrected chi connectivity index (χ4v) is 2.20. The third kappa shape index (κ3) is 3.17. The molecule has 2 rings (SSSR count). The lowest BCUT2D eigenvalue weighted by Crippen LogP contribution is -2.40. The predicted molar refractivity (Wildman–Crippen MR) is 73.3 cm³/mol. The number of carbonyl (C=O) groups excluding carboxylic acids is 1. The molecule has 3 N–H and O–H groups in total. The van der Waals surface area contributed by atoms with Crippen molar-refractivity contribution in [2.45, 2.75) is 25.4 Å². The Balaban J connectivity index is 1.99. The van der Waals surface area contributed by atoms with Crippen LogP contribution in [0.25, 0.3) is 0 Å². The van der Waals surface area contributed by atoms with E-state index in [1.54, 1.807) is 18.2 Å². The Morgan fingerprint density at radius 1 is 1.58 bits per heavy atom. The maximum atomic E-state index is 12.1. The first-order chi connectivity index (χ1) is 9.04. The summed E-state index contributed by atoms with van der Waals surface area (Å²) < 4.78 is 10.7. The highest BCUT2D eigenvalue weighted by atomic mass is 16.5. The van der Waals surface area contributed by atoms with Gasteiger partial charge in [-0.1, -0.05) is 0 Å². The minimum Gasteiger partial charge on any atom is -0.495 e. The molecular weight excluding hydrogens is 244 g/mol. The Hall–Kier alpha value is -1.75. The van der Waals surface area contributed by atoms with Gasteiger partial charge in [0.2, 0.25) is 0 Å². The zero-order chi connectivity index (χ0) is 13.9. The summed E-state index contributed by atoms with van der Waals surface area (Å²) in [5.41, 5.74) is 6.53. The standard InChI is InChI=1S/C14H20N2O3/c1-14(6-3-7-19-14)9-16-13(17)10-4-5-11(15)12(8-10)18-2/h4-5,8H,3,6-7,9,15H2,1-2H3,(H,16,17). The largest absolute Gasteiger partial charge is 0.495 e. The summed E-state index contributed by atoms with van der Waals surface area (Å²) in [5.74, 6) is 0.367. The fourth-order valence-electron chi connectivity index (χ4n) is 2.20. The first kappa shape index (κ1) is 13.7. The lowest BCUT2D eigenvalue weighted by Gasteiger charge is -2.23. The van der Waals surface area contributed by atoms with Crippen LogP contribution < -0.4 is 15.8 Å². The van der Waals surface area contributed by atoms with Crippen molar-refractivity contribution in [1.82, 2.24) is 5.32 Å². The molecule has 5 nitrogen and oxygen atoms in total. The molecule has 1 atom stereocenters. The van der Waals surface area contributed by atoms with E-state index in [9.17, 15) is 4.79 Å².